The van der Waals surface area contributed by atoms with Crippen molar-refractivity contribution in [3.63, 3.8) is 0 Å². The molecule has 0 aromatic rings. The lowest BCUT2D eigenvalue weighted by molar-refractivity contribution is 0.138. The van der Waals surface area contributed by atoms with Crippen molar-refractivity contribution in [3.8, 4) is 5.92 Å². The third-order valence-electron chi connectivity index (χ3n) is 1.47. The van der Waals surface area contributed by atoms with Gasteiger partial charge in [0, 0.05) is 0 Å². The van der Waals surface area contributed by atoms with Gasteiger partial charge in [-0.15, -0.1) is 0 Å². The maximum Gasteiger partial charge on any atom is 0.185 e. The molecule has 0 aromatic heterocycles. The lowest BCUT2D eigenvalue weighted by Crippen LogP contribution is -2.38. The molecule has 1 unspecified atom stereocenters. The Morgan fingerprint density at radius 1 is 1.45 bits per heavy atom. The van der Waals surface area contributed by atoms with Crippen LogP contribution in [0.4, 0.5) is 0 Å². The van der Waals surface area contributed by atoms with Crippen LogP contribution in [0.3, 0.4) is 0 Å². The lowest BCUT2D eigenvalue weighted by atomic mass is 10.1. The monoisotopic (exact) mass is 169 g/mol. The second-order valence-electron chi connectivity index (χ2n) is 3.92. The Morgan fingerprint density at radius 3 is 2.00 bits per heavy atom. The molecule has 0 N–H and O–H groups in total. The van der Waals surface area contributed by atoms with Gasteiger partial charge in [0.05, 0.1) is 0 Å². The summed E-state index contributed by atoms with van der Waals surface area (Å²) in [6.07, 6.45) is 7.90. The van der Waals surface area contributed by atoms with E-state index in [0.29, 0.717) is 0 Å². The number of rotatable bonds is 3. The third kappa shape index (κ3) is 4.23. The molecule has 0 fully saturated rings. The van der Waals surface area contributed by atoms with E-state index in [0.717, 1.165) is 6.42 Å². The Hall–Kier alpha value is -0.263. The molecule has 0 bridgehead atoms. The standard InChI is InChI=1S/C9H17OSi/c1-7-9(3,8-2)10-11(4,5)6/h7H2,1,3-6H3. The van der Waals surface area contributed by atoms with Crippen LogP contribution in [0.2, 0.25) is 19.6 Å². The maximum absolute atomic E-state index is 7.08. The first-order valence-corrected chi connectivity index (χ1v) is 7.38. The van der Waals surface area contributed by atoms with E-state index < -0.39 is 13.9 Å². The summed E-state index contributed by atoms with van der Waals surface area (Å²) in [5.41, 5.74) is -0.454. The lowest BCUT2D eigenvalue weighted by Gasteiger charge is -2.30. The van der Waals surface area contributed by atoms with Crippen LogP contribution < -0.4 is 0 Å². The molecule has 0 saturated carbocycles. The Morgan fingerprint density at radius 2 is 1.91 bits per heavy atom. The van der Waals surface area contributed by atoms with Crippen LogP contribution in [0.15, 0.2) is 0 Å². The minimum absolute atomic E-state index is 0.454. The van der Waals surface area contributed by atoms with Crippen molar-refractivity contribution in [2.75, 3.05) is 0 Å². The van der Waals surface area contributed by atoms with Gasteiger partial charge in [-0.1, -0.05) is 12.8 Å². The minimum atomic E-state index is -1.52. The fourth-order valence-corrected chi connectivity index (χ4v) is 2.41. The van der Waals surface area contributed by atoms with Gasteiger partial charge in [-0.25, -0.2) is 0 Å². The molecule has 1 nitrogen and oxygen atoms in total. The van der Waals surface area contributed by atoms with Gasteiger partial charge in [-0.05, 0) is 39.4 Å². The molecule has 0 aliphatic carbocycles. The highest BCUT2D eigenvalue weighted by Gasteiger charge is 2.27. The van der Waals surface area contributed by atoms with Crippen molar-refractivity contribution < 1.29 is 4.43 Å². The average Bonchev–Trinajstić information content (AvgIpc) is 1.84. The van der Waals surface area contributed by atoms with E-state index in [-0.39, 0.29) is 0 Å². The molecule has 63 valence electrons. The van der Waals surface area contributed by atoms with Gasteiger partial charge in [-0.2, -0.15) is 0 Å². The van der Waals surface area contributed by atoms with Gasteiger partial charge < -0.3 is 4.43 Å². The molecule has 0 rings (SSSR count). The van der Waals surface area contributed by atoms with Gasteiger partial charge in [0.15, 0.2) is 8.32 Å². The molecule has 0 spiro atoms. The Bertz CT molecular complexity index is 163. The Labute approximate surface area is 71.3 Å². The van der Waals surface area contributed by atoms with Crippen molar-refractivity contribution >= 4 is 8.32 Å². The van der Waals surface area contributed by atoms with E-state index in [9.17, 15) is 0 Å². The molecule has 0 aliphatic rings. The number of hydrogen-bond acceptors (Lipinski definition) is 1. The van der Waals surface area contributed by atoms with Gasteiger partial charge in [-0.3, -0.25) is 0 Å². The van der Waals surface area contributed by atoms with Crippen LogP contribution in [0.1, 0.15) is 20.3 Å². The Balaban J connectivity index is 4.23. The zero-order valence-corrected chi connectivity index (χ0v) is 9.12. The van der Waals surface area contributed by atoms with Gasteiger partial charge in [0.1, 0.15) is 5.60 Å². The van der Waals surface area contributed by atoms with E-state index >= 15 is 0 Å². The van der Waals surface area contributed by atoms with Crippen LogP contribution in [0.25, 0.3) is 0 Å². The van der Waals surface area contributed by atoms with E-state index in [4.69, 9.17) is 10.8 Å². The molecule has 0 aromatic carbocycles. The second-order valence-corrected chi connectivity index (χ2v) is 8.35. The summed E-state index contributed by atoms with van der Waals surface area (Å²) in [4.78, 5) is 0. The first-order valence-electron chi connectivity index (χ1n) is 3.97. The van der Waals surface area contributed by atoms with Crippen LogP contribution in [0.5, 0.6) is 0 Å². The molecule has 0 amide bonds. The van der Waals surface area contributed by atoms with Crippen molar-refractivity contribution in [1.82, 2.24) is 0 Å². The predicted octanol–water partition coefficient (Wildman–Crippen LogP) is 2.60. The zero-order valence-electron chi connectivity index (χ0n) is 8.12. The van der Waals surface area contributed by atoms with Crippen LogP contribution in [-0.2, 0) is 4.43 Å². The summed E-state index contributed by atoms with van der Waals surface area (Å²) in [5, 5.41) is 0. The quantitative estimate of drug-likeness (QED) is 0.466. The zero-order chi connectivity index (χ0) is 9.12. The van der Waals surface area contributed by atoms with E-state index in [1.165, 1.54) is 0 Å². The van der Waals surface area contributed by atoms with E-state index in [1.807, 2.05) is 13.8 Å². The summed E-state index contributed by atoms with van der Waals surface area (Å²) in [7, 11) is -1.52. The smallest absolute Gasteiger partial charge is 0.185 e. The summed E-state index contributed by atoms with van der Waals surface area (Å²) in [5.74, 6) is 2.45. The van der Waals surface area contributed by atoms with Crippen molar-refractivity contribution in [2.24, 2.45) is 0 Å². The first kappa shape index (κ1) is 10.7. The molecular weight excluding hydrogens is 152 g/mol. The fraction of sp³-hybridized carbons (Fsp3) is 0.778. The highest BCUT2D eigenvalue weighted by molar-refractivity contribution is 6.69. The highest BCUT2D eigenvalue weighted by Crippen LogP contribution is 2.19. The topological polar surface area (TPSA) is 9.23 Å². The summed E-state index contributed by atoms with van der Waals surface area (Å²) >= 11 is 0. The molecule has 0 aliphatic heterocycles. The van der Waals surface area contributed by atoms with Crippen molar-refractivity contribution in [3.05, 3.63) is 6.42 Å². The van der Waals surface area contributed by atoms with Gasteiger partial charge in [0.25, 0.3) is 0 Å². The molecule has 2 heteroatoms. The third-order valence-corrected chi connectivity index (χ3v) is 2.53. The van der Waals surface area contributed by atoms with Crippen molar-refractivity contribution in [2.45, 2.75) is 45.5 Å². The SMILES string of the molecule is [C]#CC(C)(CC)O[Si](C)(C)C. The normalized spacial score (nSPS) is 17.1. The van der Waals surface area contributed by atoms with Crippen LogP contribution in [-0.4, -0.2) is 13.9 Å². The number of hydrogen-bond donors (Lipinski definition) is 0. The largest absolute Gasteiger partial charge is 0.402 e. The second kappa shape index (κ2) is 3.42. The highest BCUT2D eigenvalue weighted by atomic mass is 28.4. The molecule has 1 atom stereocenters. The first-order chi connectivity index (χ1) is 4.83. The van der Waals surface area contributed by atoms with E-state index in [1.54, 1.807) is 0 Å². The maximum atomic E-state index is 7.08. The van der Waals surface area contributed by atoms with E-state index in [2.05, 4.69) is 25.6 Å². The average molecular weight is 169 g/mol. The fourth-order valence-electron chi connectivity index (χ4n) is 0.862. The van der Waals surface area contributed by atoms with Crippen molar-refractivity contribution in [1.29, 1.82) is 0 Å². The minimum Gasteiger partial charge on any atom is -0.402 e. The molecule has 1 radical (unpaired) electrons. The molecule has 11 heavy (non-hydrogen) atoms. The molecular formula is C9H17OSi. The predicted molar refractivity (Wildman–Crippen MR) is 50.3 cm³/mol. The molecule has 0 saturated heterocycles. The van der Waals surface area contributed by atoms with Crippen LogP contribution >= 0.6 is 0 Å². The Kier molecular flexibility index (Phi) is 3.34. The molecule has 0 heterocycles. The summed E-state index contributed by atoms with van der Waals surface area (Å²) < 4.78 is 5.76. The summed E-state index contributed by atoms with van der Waals surface area (Å²) in [6.45, 7) is 10.3. The van der Waals surface area contributed by atoms with Crippen LogP contribution in [0, 0.1) is 12.3 Å². The van der Waals surface area contributed by atoms with Gasteiger partial charge in [0.2, 0.25) is 0 Å². The summed E-state index contributed by atoms with van der Waals surface area (Å²) in [6, 6.07) is 0. The van der Waals surface area contributed by atoms with Gasteiger partial charge >= 0.3 is 0 Å².